The predicted molar refractivity (Wildman–Crippen MR) is 235 cm³/mol. The highest BCUT2D eigenvalue weighted by atomic mass is 32.2. The van der Waals surface area contributed by atoms with Gasteiger partial charge in [0.25, 0.3) is 0 Å². The molecule has 2 unspecified atom stereocenters. The molecule has 0 spiro atoms. The van der Waals surface area contributed by atoms with Crippen LogP contribution in [0.3, 0.4) is 0 Å². The van der Waals surface area contributed by atoms with Gasteiger partial charge in [-0.05, 0) is 70.6 Å². The van der Waals surface area contributed by atoms with Crippen molar-refractivity contribution >= 4 is 53.5 Å². The third-order valence-corrected chi connectivity index (χ3v) is 15.3. The van der Waals surface area contributed by atoms with Crippen molar-refractivity contribution in [2.75, 3.05) is 11.5 Å². The second-order valence-corrected chi connectivity index (χ2v) is 20.8. The Bertz CT molecular complexity index is 2180. The van der Waals surface area contributed by atoms with Crippen LogP contribution < -0.4 is 5.32 Å². The lowest BCUT2D eigenvalue weighted by Crippen LogP contribution is -2.80. The Kier molecular flexibility index (Phi) is 14.4. The summed E-state index contributed by atoms with van der Waals surface area (Å²) in [6, 6.07) is 14.4. The molecule has 4 saturated carbocycles. The van der Waals surface area contributed by atoms with Gasteiger partial charge in [0.05, 0.1) is 34.5 Å². The van der Waals surface area contributed by atoms with Gasteiger partial charge < -0.3 is 49.4 Å². The number of carboxylic acid groups (broad SMARTS) is 1. The number of alkyl carbamates (subject to hydrolysis) is 1. The summed E-state index contributed by atoms with van der Waals surface area (Å²) in [5, 5.41) is 50.0. The summed E-state index contributed by atoms with van der Waals surface area (Å²) in [7, 11) is 0. The minimum atomic E-state index is -2.34. The first kappa shape index (κ1) is 50.4. The van der Waals surface area contributed by atoms with Crippen LogP contribution in [0.15, 0.2) is 60.7 Å². The van der Waals surface area contributed by atoms with Crippen molar-refractivity contribution in [1.82, 2.24) is 5.32 Å². The summed E-state index contributed by atoms with van der Waals surface area (Å²) >= 11 is 0.702. The van der Waals surface area contributed by atoms with E-state index < -0.39 is 148 Å². The number of fused-ring (bicyclic) bond motifs is 5. The van der Waals surface area contributed by atoms with Crippen LogP contribution in [0, 0.1) is 34.5 Å². The number of nitrogens with one attached hydrogen (secondary N) is 1. The average Bonchev–Trinajstić information content (AvgIpc) is 3.23. The number of Topliss-reactive ketones (excluding diaryl/α,β-unsaturated/α-hetero) is 1. The molecule has 18 heteroatoms. The Morgan fingerprint density at radius 2 is 1.55 bits per heavy atom. The maximum atomic E-state index is 15.2. The topological polar surface area (TPSA) is 259 Å². The number of ketones is 1. The summed E-state index contributed by atoms with van der Waals surface area (Å²) in [6.07, 6.45) is -9.43. The molecular weight excluding hydrogens is 879 g/mol. The molecule has 4 aliphatic carbocycles. The first-order valence-electron chi connectivity index (χ1n) is 22.1. The molecule has 0 aromatic heterocycles. The minimum absolute atomic E-state index is 0.00913. The highest BCUT2D eigenvalue weighted by molar-refractivity contribution is 8.00. The van der Waals surface area contributed by atoms with E-state index in [0.717, 1.165) is 0 Å². The SMILES string of the molecule is CC(=O)O[C@@]12CC[C@@H]1C[C@H](O)[C@@]1(C)C(=O)[C@H](O)[C@@H]3C(C)C(OC(=O)[C@H](OC(=O)CSCC(=O)O)[C@@H](NC(=O)OC(C)(C)C)c4ccccc4)C[C@@](O)([C@@H](OC(=O)c4ccccc4)[C@H]21)C3(C)C. The Morgan fingerprint density at radius 1 is 0.924 bits per heavy atom. The van der Waals surface area contributed by atoms with Gasteiger partial charge in [-0.2, -0.15) is 0 Å². The number of amides is 1. The van der Waals surface area contributed by atoms with Crippen molar-refractivity contribution in [1.29, 1.82) is 0 Å². The number of esters is 4. The summed E-state index contributed by atoms with van der Waals surface area (Å²) in [5.41, 5.74) is -8.08. The molecule has 6 rings (SSSR count). The largest absolute Gasteiger partial charge is 0.481 e. The second kappa shape index (κ2) is 18.9. The van der Waals surface area contributed by atoms with Gasteiger partial charge in [0.2, 0.25) is 6.10 Å². The zero-order valence-corrected chi connectivity index (χ0v) is 39.2. The average molecular weight is 940 g/mol. The Labute approximate surface area is 387 Å². The van der Waals surface area contributed by atoms with Gasteiger partial charge in [0.1, 0.15) is 41.2 Å². The number of carbonyl (C=O) groups excluding carboxylic acids is 6. The molecule has 4 aliphatic rings. The molecule has 0 saturated heterocycles. The van der Waals surface area contributed by atoms with E-state index in [1.54, 1.807) is 90.1 Å². The van der Waals surface area contributed by atoms with Crippen molar-refractivity contribution in [3.63, 3.8) is 0 Å². The normalized spacial score (nSPS) is 33.0. The molecular formula is C48H61NO16S. The number of aliphatic hydroxyl groups is 3. The van der Waals surface area contributed by atoms with Crippen molar-refractivity contribution in [3.05, 3.63) is 71.8 Å². The predicted octanol–water partition coefficient (Wildman–Crippen LogP) is 4.58. The van der Waals surface area contributed by atoms with Crippen LogP contribution in [0.25, 0.3) is 0 Å². The third-order valence-electron chi connectivity index (χ3n) is 14.4. The van der Waals surface area contributed by atoms with Crippen LogP contribution in [-0.4, -0.2) is 121 Å². The van der Waals surface area contributed by atoms with Crippen LogP contribution in [-0.2, 0) is 47.7 Å². The third kappa shape index (κ3) is 9.43. The molecule has 2 aromatic carbocycles. The van der Waals surface area contributed by atoms with E-state index in [4.69, 9.17) is 23.7 Å². The van der Waals surface area contributed by atoms with Gasteiger partial charge in [0, 0.05) is 30.6 Å². The summed E-state index contributed by atoms with van der Waals surface area (Å²) in [6.45, 7) is 12.3. The standard InChI is InChI=1S/C48H61NO16S/c1-25-30(61-42(58)37(62-33(54)24-66-23-32(52)53)35(27-15-11-9-12-16-27)49-43(59)65-44(3,4)5)22-48(60)40(63-41(57)28-17-13-10-14-18-28)38-46(8,39(56)36(55)34(25)45(48,6)7)31(51)21-29-19-20-47(29,38)64-26(2)50/h9-18,25,29-31,34-38,40,51,55,60H,19-24H2,1-8H3,(H,49,59)(H,52,53)/t25?,29-,30?,31+,34+,35+,36-,37-,38+,40+,46-,47+,48-/m1/s1. The molecule has 0 aliphatic heterocycles. The monoisotopic (exact) mass is 939 g/mol. The van der Waals surface area contributed by atoms with E-state index in [2.05, 4.69) is 5.32 Å². The number of benzene rings is 2. The fraction of sp³-hybridized carbons (Fsp3) is 0.604. The van der Waals surface area contributed by atoms with E-state index in [-0.39, 0.29) is 24.0 Å². The van der Waals surface area contributed by atoms with E-state index >= 15 is 4.79 Å². The lowest BCUT2D eigenvalue weighted by molar-refractivity contribution is -0.318. The first-order chi connectivity index (χ1) is 30.8. The Morgan fingerprint density at radius 3 is 2.11 bits per heavy atom. The van der Waals surface area contributed by atoms with Gasteiger partial charge in [0.15, 0.2) is 5.78 Å². The number of aliphatic hydroxyl groups excluding tert-OH is 2. The van der Waals surface area contributed by atoms with Gasteiger partial charge in [-0.1, -0.05) is 69.3 Å². The van der Waals surface area contributed by atoms with Crippen LogP contribution in [0.5, 0.6) is 0 Å². The lowest BCUT2D eigenvalue weighted by Gasteiger charge is -2.69. The highest BCUT2D eigenvalue weighted by Crippen LogP contribution is 2.67. The molecule has 0 radical (unpaired) electrons. The first-order valence-corrected chi connectivity index (χ1v) is 23.3. The second-order valence-electron chi connectivity index (χ2n) is 19.8. The van der Waals surface area contributed by atoms with Gasteiger partial charge in [-0.25, -0.2) is 14.4 Å². The summed E-state index contributed by atoms with van der Waals surface area (Å²) < 4.78 is 30.1. The minimum Gasteiger partial charge on any atom is -0.481 e. The maximum Gasteiger partial charge on any atom is 0.408 e. The van der Waals surface area contributed by atoms with Gasteiger partial charge in [-0.15, -0.1) is 11.8 Å². The summed E-state index contributed by atoms with van der Waals surface area (Å²) in [5.74, 6) is -11.2. The molecule has 66 heavy (non-hydrogen) atoms. The molecule has 360 valence electrons. The molecule has 17 nitrogen and oxygen atoms in total. The molecule has 5 N–H and O–H groups in total. The van der Waals surface area contributed by atoms with E-state index in [0.29, 0.717) is 18.2 Å². The molecule has 0 heterocycles. The summed E-state index contributed by atoms with van der Waals surface area (Å²) in [4.78, 5) is 95.6. The molecule has 2 aromatic rings. The van der Waals surface area contributed by atoms with Gasteiger partial charge >= 0.3 is 35.9 Å². The molecule has 4 fully saturated rings. The lowest BCUT2D eigenvalue weighted by atomic mass is 9.39. The zero-order valence-electron chi connectivity index (χ0n) is 38.4. The van der Waals surface area contributed by atoms with Crippen LogP contribution >= 0.6 is 11.8 Å². The van der Waals surface area contributed by atoms with Crippen molar-refractivity contribution in [3.8, 4) is 0 Å². The van der Waals surface area contributed by atoms with Crippen LogP contribution in [0.1, 0.15) is 103 Å². The number of aliphatic carboxylic acids is 1. The van der Waals surface area contributed by atoms with Crippen molar-refractivity contribution in [2.24, 2.45) is 34.5 Å². The molecule has 13 atom stereocenters. The Hall–Kier alpha value is -5.04. The highest BCUT2D eigenvalue weighted by Gasteiger charge is 2.78. The number of carboxylic acids is 1. The van der Waals surface area contributed by atoms with Crippen LogP contribution in [0.2, 0.25) is 0 Å². The number of hydrogen-bond acceptors (Lipinski definition) is 16. The Balaban J connectivity index is 1.49. The van der Waals surface area contributed by atoms with E-state index in [1.807, 2.05) is 0 Å². The van der Waals surface area contributed by atoms with Crippen LogP contribution in [0.4, 0.5) is 4.79 Å². The zero-order chi connectivity index (χ0) is 48.7. The smallest absolute Gasteiger partial charge is 0.408 e. The number of ether oxygens (including phenoxy) is 5. The number of carbonyl (C=O) groups is 7. The van der Waals surface area contributed by atoms with E-state index in [9.17, 15) is 49.2 Å². The number of hydrogen-bond donors (Lipinski definition) is 5. The van der Waals surface area contributed by atoms with Crippen molar-refractivity contribution < 1.29 is 77.7 Å². The van der Waals surface area contributed by atoms with Gasteiger partial charge in [-0.3, -0.25) is 19.2 Å². The number of rotatable bonds is 13. The van der Waals surface area contributed by atoms with Crippen molar-refractivity contribution in [2.45, 2.75) is 134 Å². The quantitative estimate of drug-likeness (QED) is 0.136. The van der Waals surface area contributed by atoms with E-state index in [1.165, 1.54) is 26.0 Å². The fourth-order valence-corrected chi connectivity index (χ4v) is 11.7. The maximum absolute atomic E-state index is 15.2. The molecule has 2 bridgehead atoms. The fourth-order valence-electron chi connectivity index (χ4n) is 11.2. The number of thioether (sulfide) groups is 1. The molecule has 1 amide bonds.